The van der Waals surface area contributed by atoms with Crippen LogP contribution < -0.4 is 4.31 Å². The van der Waals surface area contributed by atoms with Crippen molar-refractivity contribution in [3.05, 3.63) is 102 Å². The summed E-state index contributed by atoms with van der Waals surface area (Å²) in [5.41, 5.74) is 3.71. The molecule has 1 atom stereocenters. The van der Waals surface area contributed by atoms with Crippen LogP contribution >= 0.6 is 0 Å². The Kier molecular flexibility index (Phi) is 6.06. The van der Waals surface area contributed by atoms with Gasteiger partial charge in [-0.05, 0) is 60.4 Å². The molecule has 0 aliphatic carbocycles. The Morgan fingerprint density at radius 3 is 2.35 bits per heavy atom. The van der Waals surface area contributed by atoms with Gasteiger partial charge in [-0.25, -0.2) is 4.79 Å². The van der Waals surface area contributed by atoms with Crippen LogP contribution in [0.15, 0.2) is 85.1 Å². The number of hydrogen-bond donors (Lipinski definition) is 1. The van der Waals surface area contributed by atoms with E-state index in [9.17, 15) is 13.6 Å². The number of para-hydroxylation sites is 1. The van der Waals surface area contributed by atoms with Crippen molar-refractivity contribution in [2.75, 3.05) is 4.31 Å². The Bertz CT molecular complexity index is 1270. The van der Waals surface area contributed by atoms with Crippen molar-refractivity contribution in [2.45, 2.75) is 12.8 Å². The summed E-state index contributed by atoms with van der Waals surface area (Å²) in [6, 6.07) is 23.3. The van der Waals surface area contributed by atoms with Gasteiger partial charge in [0.2, 0.25) is 0 Å². The zero-order valence-electron chi connectivity index (χ0n) is 16.5. The average molecular weight is 431 g/mol. The molecule has 0 aliphatic rings. The number of aryl methyl sites for hydroxylation is 2. The number of carboxylic acid groups (broad SMARTS) is 1. The molecule has 0 bridgehead atoms. The van der Waals surface area contributed by atoms with Crippen molar-refractivity contribution < 1.29 is 18.7 Å². The van der Waals surface area contributed by atoms with Crippen LogP contribution in [0, 0.1) is 0 Å². The van der Waals surface area contributed by atoms with E-state index in [1.807, 2.05) is 42.5 Å². The molecule has 4 rings (SSSR count). The monoisotopic (exact) mass is 431 g/mol. The molecule has 1 heterocycles. The van der Waals surface area contributed by atoms with Crippen molar-refractivity contribution >= 4 is 39.5 Å². The number of fused-ring (bicyclic) bond motifs is 1. The Labute approximate surface area is 182 Å². The minimum absolute atomic E-state index is 0.252. The Morgan fingerprint density at radius 1 is 0.935 bits per heavy atom. The smallest absolute Gasteiger partial charge is 0.335 e. The van der Waals surface area contributed by atoms with E-state index in [1.165, 1.54) is 4.31 Å². The number of anilines is 2. The maximum atomic E-state index is 12.2. The fourth-order valence-corrected chi connectivity index (χ4v) is 4.14. The summed E-state index contributed by atoms with van der Waals surface area (Å²) >= 11 is -2.54. The van der Waals surface area contributed by atoms with Gasteiger partial charge < -0.3 is 9.66 Å². The Morgan fingerprint density at radius 2 is 1.61 bits per heavy atom. The van der Waals surface area contributed by atoms with E-state index in [4.69, 9.17) is 5.11 Å². The lowest BCUT2D eigenvalue weighted by atomic mass is 10.0. The standard InChI is InChI=1S/C24H20N2O4S/c27-24(28)20-8-1-5-17(15-20)12-13-18-6-2-10-21(16-18)26(31(29)30)22-11-3-7-19-9-4-14-25-23(19)22/h1-11,14-16H,12-13H2,(H,27,28)(H,29,30)/p-1. The molecule has 0 radical (unpaired) electrons. The number of pyridine rings is 1. The zero-order valence-corrected chi connectivity index (χ0v) is 17.3. The minimum atomic E-state index is -2.54. The van der Waals surface area contributed by atoms with E-state index >= 15 is 0 Å². The summed E-state index contributed by atoms with van der Waals surface area (Å²) in [6.07, 6.45) is 2.92. The summed E-state index contributed by atoms with van der Waals surface area (Å²) in [5.74, 6) is -0.957. The van der Waals surface area contributed by atoms with Crippen LogP contribution in [0.2, 0.25) is 0 Å². The largest absolute Gasteiger partial charge is 0.755 e. The maximum Gasteiger partial charge on any atom is 0.335 e. The van der Waals surface area contributed by atoms with E-state index in [0.29, 0.717) is 29.7 Å². The molecule has 3 aromatic carbocycles. The molecule has 0 aliphatic heterocycles. The van der Waals surface area contributed by atoms with Gasteiger partial charge in [0, 0.05) is 11.6 Å². The van der Waals surface area contributed by atoms with E-state index in [-0.39, 0.29) is 5.56 Å². The zero-order chi connectivity index (χ0) is 21.8. The highest BCUT2D eigenvalue weighted by molar-refractivity contribution is 7.81. The summed E-state index contributed by atoms with van der Waals surface area (Å²) in [4.78, 5) is 15.5. The molecular formula is C24H19N2O4S-. The molecule has 0 fully saturated rings. The van der Waals surface area contributed by atoms with Crippen molar-refractivity contribution in [3.8, 4) is 0 Å². The molecule has 0 saturated carbocycles. The molecule has 0 saturated heterocycles. The Hall–Kier alpha value is -3.55. The average Bonchev–Trinajstić information content (AvgIpc) is 2.78. The molecule has 31 heavy (non-hydrogen) atoms. The first-order valence-electron chi connectivity index (χ1n) is 9.67. The van der Waals surface area contributed by atoms with Crippen molar-refractivity contribution in [3.63, 3.8) is 0 Å². The molecule has 1 unspecified atom stereocenters. The molecular weight excluding hydrogens is 412 g/mol. The molecule has 0 spiro atoms. The quantitative estimate of drug-likeness (QED) is 0.430. The van der Waals surface area contributed by atoms with Crippen molar-refractivity contribution in [2.24, 2.45) is 0 Å². The van der Waals surface area contributed by atoms with Gasteiger partial charge in [0.1, 0.15) is 0 Å². The van der Waals surface area contributed by atoms with Crippen LogP contribution in [0.1, 0.15) is 21.5 Å². The van der Waals surface area contributed by atoms with Crippen molar-refractivity contribution in [1.29, 1.82) is 0 Å². The number of carboxylic acids is 1. The topological polar surface area (TPSA) is 93.6 Å². The van der Waals surface area contributed by atoms with Crippen LogP contribution in [-0.2, 0) is 24.1 Å². The van der Waals surface area contributed by atoms with Crippen molar-refractivity contribution in [1.82, 2.24) is 4.98 Å². The normalized spacial score (nSPS) is 11.9. The first kappa shape index (κ1) is 20.7. The highest BCUT2D eigenvalue weighted by Gasteiger charge is 2.15. The third-order valence-corrected chi connectivity index (χ3v) is 5.71. The molecule has 4 aromatic rings. The fraction of sp³-hybridized carbons (Fsp3) is 0.0833. The number of aromatic carboxylic acids is 1. The summed E-state index contributed by atoms with van der Waals surface area (Å²) < 4.78 is 25.6. The first-order valence-corrected chi connectivity index (χ1v) is 10.7. The van der Waals surface area contributed by atoms with Crippen LogP contribution in [-0.4, -0.2) is 24.8 Å². The van der Waals surface area contributed by atoms with Gasteiger partial charge in [-0.2, -0.15) is 0 Å². The highest BCUT2D eigenvalue weighted by Crippen LogP contribution is 2.32. The molecule has 7 heteroatoms. The molecule has 0 amide bonds. The van der Waals surface area contributed by atoms with E-state index in [2.05, 4.69) is 4.98 Å². The number of benzene rings is 3. The van der Waals surface area contributed by atoms with Gasteiger partial charge in [0.15, 0.2) is 0 Å². The van der Waals surface area contributed by atoms with Gasteiger partial charge in [0.25, 0.3) is 0 Å². The van der Waals surface area contributed by atoms with Crippen LogP contribution in [0.4, 0.5) is 11.4 Å². The molecule has 1 aromatic heterocycles. The van der Waals surface area contributed by atoms with E-state index in [1.54, 1.807) is 42.6 Å². The lowest BCUT2D eigenvalue weighted by Crippen LogP contribution is -2.20. The predicted octanol–water partition coefficient (Wildman–Crippen LogP) is 4.65. The number of aromatic nitrogens is 1. The van der Waals surface area contributed by atoms with Gasteiger partial charge in [-0.3, -0.25) is 13.5 Å². The minimum Gasteiger partial charge on any atom is -0.755 e. The fourth-order valence-electron chi connectivity index (χ4n) is 3.54. The van der Waals surface area contributed by atoms with Gasteiger partial charge in [-0.15, -0.1) is 0 Å². The number of carbonyl (C=O) groups is 1. The van der Waals surface area contributed by atoms with E-state index < -0.39 is 17.2 Å². The summed E-state index contributed by atoms with van der Waals surface area (Å²) in [5, 5.41) is 10.0. The second-order valence-electron chi connectivity index (χ2n) is 7.04. The SMILES string of the molecule is O=C(O)c1cccc(CCc2cccc(N(c3cccc4cccnc34)S(=O)[O-])c2)c1. The Balaban J connectivity index is 1.63. The van der Waals surface area contributed by atoms with Crippen LogP contribution in [0.5, 0.6) is 0 Å². The lowest BCUT2D eigenvalue weighted by molar-refractivity contribution is 0.0696. The lowest BCUT2D eigenvalue weighted by Gasteiger charge is -2.27. The second kappa shape index (κ2) is 9.07. The van der Waals surface area contributed by atoms with Gasteiger partial charge in [-0.1, -0.05) is 42.5 Å². The maximum absolute atomic E-state index is 12.2. The predicted molar refractivity (Wildman–Crippen MR) is 120 cm³/mol. The van der Waals surface area contributed by atoms with Crippen LogP contribution in [0.25, 0.3) is 10.9 Å². The van der Waals surface area contributed by atoms with E-state index in [0.717, 1.165) is 16.5 Å². The third kappa shape index (κ3) is 4.63. The molecule has 1 N–H and O–H groups in total. The second-order valence-corrected chi connectivity index (χ2v) is 7.84. The first-order chi connectivity index (χ1) is 15.0. The number of rotatable bonds is 7. The summed E-state index contributed by atoms with van der Waals surface area (Å²) in [6.45, 7) is 0. The highest BCUT2D eigenvalue weighted by atomic mass is 32.2. The van der Waals surface area contributed by atoms with Gasteiger partial charge in [0.05, 0.1) is 33.7 Å². The third-order valence-electron chi connectivity index (χ3n) is 5.00. The summed E-state index contributed by atoms with van der Waals surface area (Å²) in [7, 11) is 0. The number of hydrogen-bond acceptors (Lipinski definition) is 4. The molecule has 6 nitrogen and oxygen atoms in total. The van der Waals surface area contributed by atoms with Gasteiger partial charge >= 0.3 is 5.97 Å². The molecule has 156 valence electrons. The number of nitrogens with zero attached hydrogens (tertiary/aromatic N) is 2. The van der Waals surface area contributed by atoms with Crippen LogP contribution in [0.3, 0.4) is 0 Å².